The Hall–Kier alpha value is -2.75. The summed E-state index contributed by atoms with van der Waals surface area (Å²) in [4.78, 5) is 12.2. The van der Waals surface area contributed by atoms with Crippen molar-refractivity contribution in [2.24, 2.45) is 0 Å². The summed E-state index contributed by atoms with van der Waals surface area (Å²) in [6, 6.07) is 10.1. The number of rotatable bonds is 5. The molecule has 0 radical (unpaired) electrons. The van der Waals surface area contributed by atoms with Crippen molar-refractivity contribution in [1.82, 2.24) is 0 Å². The summed E-state index contributed by atoms with van der Waals surface area (Å²) in [5.74, 6) is 1.61. The van der Waals surface area contributed by atoms with E-state index in [4.69, 9.17) is 9.47 Å². The second kappa shape index (κ2) is 6.79. The number of carbonyl (C=O) groups is 1. The molecule has 4 nitrogen and oxygen atoms in total. The topological polar surface area (TPSA) is 55.8 Å². The highest BCUT2D eigenvalue weighted by Gasteiger charge is 2.21. The Kier molecular flexibility index (Phi) is 4.56. The van der Waals surface area contributed by atoms with Gasteiger partial charge in [0.1, 0.15) is 23.4 Å². The van der Waals surface area contributed by atoms with Crippen molar-refractivity contribution < 1.29 is 19.4 Å². The summed E-state index contributed by atoms with van der Waals surface area (Å²) in [7, 11) is 0. The zero-order chi connectivity index (χ0) is 17.1. The Labute approximate surface area is 141 Å². The molecule has 0 spiro atoms. The molecule has 24 heavy (non-hydrogen) atoms. The van der Waals surface area contributed by atoms with Crippen LogP contribution in [0.1, 0.15) is 35.3 Å². The number of phenolic OH excluding ortho intramolecular Hbond substituents is 1. The van der Waals surface area contributed by atoms with E-state index in [1.54, 1.807) is 18.2 Å². The van der Waals surface area contributed by atoms with Crippen LogP contribution in [0.25, 0.3) is 6.08 Å². The average Bonchev–Trinajstić information content (AvgIpc) is 2.92. The first-order valence-corrected chi connectivity index (χ1v) is 8.04. The maximum absolute atomic E-state index is 12.2. The molecule has 1 unspecified atom stereocenters. The van der Waals surface area contributed by atoms with E-state index in [1.807, 2.05) is 26.0 Å². The molecule has 3 rings (SSSR count). The number of benzene rings is 2. The molecule has 0 aliphatic carbocycles. The summed E-state index contributed by atoms with van der Waals surface area (Å²) in [5.41, 5.74) is 2.47. The third-order valence-electron chi connectivity index (χ3n) is 3.89. The lowest BCUT2D eigenvalue weighted by Crippen LogP contribution is -2.05. The second-order valence-electron chi connectivity index (χ2n) is 5.81. The minimum absolute atomic E-state index is 0.132. The quantitative estimate of drug-likeness (QED) is 0.667. The van der Waals surface area contributed by atoms with Gasteiger partial charge in [0.15, 0.2) is 5.78 Å². The second-order valence-corrected chi connectivity index (χ2v) is 5.81. The number of carbonyl (C=O) groups excluding carboxylic acids is 1. The lowest BCUT2D eigenvalue weighted by atomic mass is 10.0. The Morgan fingerprint density at radius 3 is 2.79 bits per heavy atom. The zero-order valence-electron chi connectivity index (χ0n) is 13.8. The van der Waals surface area contributed by atoms with Crippen LogP contribution in [0.15, 0.2) is 42.5 Å². The van der Waals surface area contributed by atoms with Crippen molar-refractivity contribution >= 4 is 11.9 Å². The lowest BCUT2D eigenvalue weighted by Gasteiger charge is -2.10. The number of phenols is 1. The molecule has 4 heteroatoms. The molecule has 1 atom stereocenters. The molecule has 2 aromatic rings. The van der Waals surface area contributed by atoms with Crippen molar-refractivity contribution in [2.75, 3.05) is 6.61 Å². The monoisotopic (exact) mass is 324 g/mol. The Bertz CT molecular complexity index is 775. The predicted octanol–water partition coefficient (Wildman–Crippen LogP) is 4.01. The molecular weight excluding hydrogens is 304 g/mol. The average molecular weight is 324 g/mol. The summed E-state index contributed by atoms with van der Waals surface area (Å²) in [6.45, 7) is 4.52. The number of aromatic hydroxyl groups is 1. The standard InChI is InChI=1S/C20H20O4/c1-3-23-19-12-16-10-13(2)24-20(16)11-15(19)6-9-18(22)14-4-7-17(21)8-5-14/h4-9,11-13,21H,3,10H2,1-2H3/b9-6+. The van der Waals surface area contributed by atoms with Crippen LogP contribution in [0.5, 0.6) is 17.2 Å². The fraction of sp³-hybridized carbons (Fsp3) is 0.250. The largest absolute Gasteiger partial charge is 0.508 e. The minimum Gasteiger partial charge on any atom is -0.508 e. The van der Waals surface area contributed by atoms with Gasteiger partial charge in [0, 0.05) is 23.1 Å². The van der Waals surface area contributed by atoms with Crippen LogP contribution < -0.4 is 9.47 Å². The maximum Gasteiger partial charge on any atom is 0.185 e. The molecule has 0 saturated heterocycles. The minimum atomic E-state index is -0.132. The van der Waals surface area contributed by atoms with E-state index in [9.17, 15) is 9.90 Å². The molecule has 0 fully saturated rings. The van der Waals surface area contributed by atoms with Gasteiger partial charge in [0.05, 0.1) is 6.61 Å². The molecule has 1 heterocycles. The van der Waals surface area contributed by atoms with Crippen LogP contribution in [-0.2, 0) is 6.42 Å². The van der Waals surface area contributed by atoms with E-state index in [1.165, 1.54) is 18.2 Å². The fourth-order valence-electron chi connectivity index (χ4n) is 2.75. The number of hydrogen-bond acceptors (Lipinski definition) is 4. The first kappa shape index (κ1) is 16.1. The highest BCUT2D eigenvalue weighted by Crippen LogP contribution is 2.35. The van der Waals surface area contributed by atoms with Crippen molar-refractivity contribution in [2.45, 2.75) is 26.4 Å². The molecule has 0 bridgehead atoms. The van der Waals surface area contributed by atoms with Gasteiger partial charge in [-0.2, -0.15) is 0 Å². The Morgan fingerprint density at radius 2 is 2.08 bits per heavy atom. The van der Waals surface area contributed by atoms with Crippen LogP contribution in [-0.4, -0.2) is 23.6 Å². The molecule has 1 aliphatic rings. The molecule has 2 aromatic carbocycles. The van der Waals surface area contributed by atoms with Crippen LogP contribution in [0, 0.1) is 0 Å². The number of ether oxygens (including phenoxy) is 2. The number of allylic oxidation sites excluding steroid dienone is 1. The van der Waals surface area contributed by atoms with E-state index in [0.29, 0.717) is 12.2 Å². The van der Waals surface area contributed by atoms with Gasteiger partial charge in [-0.05, 0) is 62.4 Å². The molecule has 0 aromatic heterocycles. The van der Waals surface area contributed by atoms with E-state index >= 15 is 0 Å². The van der Waals surface area contributed by atoms with E-state index in [2.05, 4.69) is 0 Å². The number of hydrogen-bond donors (Lipinski definition) is 1. The third-order valence-corrected chi connectivity index (χ3v) is 3.89. The van der Waals surface area contributed by atoms with Gasteiger partial charge >= 0.3 is 0 Å². The van der Waals surface area contributed by atoms with E-state index in [0.717, 1.165) is 29.0 Å². The number of fused-ring (bicyclic) bond motifs is 1. The molecule has 0 amide bonds. The lowest BCUT2D eigenvalue weighted by molar-refractivity contribution is 0.104. The van der Waals surface area contributed by atoms with Crippen LogP contribution >= 0.6 is 0 Å². The van der Waals surface area contributed by atoms with Crippen molar-refractivity contribution in [3.63, 3.8) is 0 Å². The van der Waals surface area contributed by atoms with Crippen LogP contribution in [0.2, 0.25) is 0 Å². The summed E-state index contributed by atoms with van der Waals surface area (Å²) < 4.78 is 11.5. The van der Waals surface area contributed by atoms with Crippen LogP contribution in [0.3, 0.4) is 0 Å². The van der Waals surface area contributed by atoms with Gasteiger partial charge in [-0.25, -0.2) is 0 Å². The van der Waals surface area contributed by atoms with Gasteiger partial charge in [-0.3, -0.25) is 4.79 Å². The highest BCUT2D eigenvalue weighted by molar-refractivity contribution is 6.07. The number of ketones is 1. The predicted molar refractivity (Wildman–Crippen MR) is 92.9 cm³/mol. The van der Waals surface area contributed by atoms with E-state index < -0.39 is 0 Å². The molecule has 1 aliphatic heterocycles. The van der Waals surface area contributed by atoms with Crippen molar-refractivity contribution in [1.29, 1.82) is 0 Å². The first-order chi connectivity index (χ1) is 11.6. The molecule has 0 saturated carbocycles. The molecule has 124 valence electrons. The van der Waals surface area contributed by atoms with Crippen LogP contribution in [0.4, 0.5) is 0 Å². The van der Waals surface area contributed by atoms with Gasteiger partial charge in [-0.15, -0.1) is 0 Å². The highest BCUT2D eigenvalue weighted by atomic mass is 16.5. The Morgan fingerprint density at radius 1 is 1.33 bits per heavy atom. The summed E-state index contributed by atoms with van der Waals surface area (Å²) in [6.07, 6.45) is 4.28. The Balaban J connectivity index is 1.87. The van der Waals surface area contributed by atoms with Gasteiger partial charge < -0.3 is 14.6 Å². The molecule has 1 N–H and O–H groups in total. The zero-order valence-corrected chi connectivity index (χ0v) is 13.8. The normalized spacial score (nSPS) is 16.0. The van der Waals surface area contributed by atoms with Gasteiger partial charge in [-0.1, -0.05) is 0 Å². The van der Waals surface area contributed by atoms with Gasteiger partial charge in [0.25, 0.3) is 0 Å². The smallest absolute Gasteiger partial charge is 0.185 e. The first-order valence-electron chi connectivity index (χ1n) is 8.04. The summed E-state index contributed by atoms with van der Waals surface area (Å²) >= 11 is 0. The van der Waals surface area contributed by atoms with Crippen molar-refractivity contribution in [3.05, 3.63) is 59.2 Å². The maximum atomic E-state index is 12.2. The molecular formula is C20H20O4. The van der Waals surface area contributed by atoms with Gasteiger partial charge in [0.2, 0.25) is 0 Å². The fourth-order valence-corrected chi connectivity index (χ4v) is 2.75. The third kappa shape index (κ3) is 3.43. The SMILES string of the molecule is CCOc1cc2c(cc1/C=C/C(=O)c1ccc(O)cc1)OC(C)C2. The van der Waals surface area contributed by atoms with Crippen molar-refractivity contribution in [3.8, 4) is 17.2 Å². The summed E-state index contributed by atoms with van der Waals surface area (Å²) in [5, 5.41) is 9.29. The van der Waals surface area contributed by atoms with E-state index in [-0.39, 0.29) is 17.6 Å².